The average molecular weight is 328 g/mol. The van der Waals surface area contributed by atoms with E-state index in [-0.39, 0.29) is 18.2 Å². The molecule has 0 bridgehead atoms. The molecule has 0 aliphatic rings. The molecule has 0 radical (unpaired) electrons. The fourth-order valence-corrected chi connectivity index (χ4v) is 2.53. The van der Waals surface area contributed by atoms with Crippen molar-refractivity contribution in [3.05, 3.63) is 29.8 Å². The number of nitrogens with zero attached hydrogens (tertiary/aromatic N) is 1. The molecule has 0 unspecified atom stereocenters. The van der Waals surface area contributed by atoms with Crippen molar-refractivity contribution in [3.8, 4) is 5.75 Å². The zero-order valence-electron chi connectivity index (χ0n) is 13.3. The summed E-state index contributed by atoms with van der Waals surface area (Å²) in [6.45, 7) is 4.22. The number of carbonyl (C=O) groups is 1. The molecule has 0 fully saturated rings. The summed E-state index contributed by atoms with van der Waals surface area (Å²) < 4.78 is 30.3. The Morgan fingerprint density at radius 3 is 2.36 bits per heavy atom. The Morgan fingerprint density at radius 2 is 1.86 bits per heavy atom. The van der Waals surface area contributed by atoms with E-state index in [2.05, 4.69) is 4.72 Å². The van der Waals surface area contributed by atoms with Crippen molar-refractivity contribution >= 4 is 15.9 Å². The Labute approximate surface area is 132 Å². The first-order valence-corrected chi connectivity index (χ1v) is 8.89. The van der Waals surface area contributed by atoms with Crippen LogP contribution in [0.5, 0.6) is 5.75 Å². The fourth-order valence-electron chi connectivity index (χ4n) is 1.92. The highest BCUT2D eigenvalue weighted by molar-refractivity contribution is 7.89. The van der Waals surface area contributed by atoms with Crippen molar-refractivity contribution in [1.29, 1.82) is 0 Å². The Bertz CT molecular complexity index is 570. The molecule has 0 aromatic heterocycles. The number of rotatable bonds is 9. The van der Waals surface area contributed by atoms with E-state index in [1.54, 1.807) is 18.9 Å². The van der Waals surface area contributed by atoms with Crippen molar-refractivity contribution in [1.82, 2.24) is 9.62 Å². The number of benzene rings is 1. The van der Waals surface area contributed by atoms with Crippen molar-refractivity contribution in [2.24, 2.45) is 0 Å². The van der Waals surface area contributed by atoms with Gasteiger partial charge in [0.1, 0.15) is 5.75 Å². The van der Waals surface area contributed by atoms with Crippen LogP contribution in [0.3, 0.4) is 0 Å². The molecule has 1 amide bonds. The maximum Gasteiger partial charge on any atom is 0.219 e. The number of carbonyl (C=O) groups excluding carboxylic acids is 1. The van der Waals surface area contributed by atoms with E-state index < -0.39 is 10.0 Å². The van der Waals surface area contributed by atoms with Gasteiger partial charge in [0, 0.05) is 26.6 Å². The zero-order valence-corrected chi connectivity index (χ0v) is 14.1. The van der Waals surface area contributed by atoms with E-state index in [1.807, 2.05) is 24.3 Å². The molecule has 0 heterocycles. The highest BCUT2D eigenvalue weighted by Crippen LogP contribution is 2.12. The van der Waals surface area contributed by atoms with Crippen LogP contribution in [0.25, 0.3) is 0 Å². The predicted molar refractivity (Wildman–Crippen MR) is 86.4 cm³/mol. The summed E-state index contributed by atoms with van der Waals surface area (Å²) in [6.07, 6.45) is 0.712. The molecule has 0 saturated heterocycles. The first kappa shape index (κ1) is 18.4. The van der Waals surface area contributed by atoms with Gasteiger partial charge in [-0.15, -0.1) is 0 Å². The summed E-state index contributed by atoms with van der Waals surface area (Å²) in [4.78, 5) is 13.3. The number of nitrogens with one attached hydrogen (secondary N) is 1. The van der Waals surface area contributed by atoms with Crippen LogP contribution < -0.4 is 9.46 Å². The first-order valence-electron chi connectivity index (χ1n) is 7.23. The van der Waals surface area contributed by atoms with Crippen molar-refractivity contribution in [2.75, 3.05) is 32.5 Å². The first-order chi connectivity index (χ1) is 10.4. The molecule has 1 aromatic carbocycles. The van der Waals surface area contributed by atoms with Crippen molar-refractivity contribution in [2.45, 2.75) is 20.3 Å². The lowest BCUT2D eigenvalue weighted by Crippen LogP contribution is -2.38. The second-order valence-corrected chi connectivity index (χ2v) is 7.00. The van der Waals surface area contributed by atoms with Gasteiger partial charge in [0.25, 0.3) is 0 Å². The topological polar surface area (TPSA) is 75.7 Å². The van der Waals surface area contributed by atoms with Crippen molar-refractivity contribution < 1.29 is 17.9 Å². The maximum absolute atomic E-state index is 11.6. The van der Waals surface area contributed by atoms with Crippen LogP contribution in [0, 0.1) is 0 Å². The average Bonchev–Trinajstić information content (AvgIpc) is 2.50. The molecule has 1 N–H and O–H groups in total. The van der Waals surface area contributed by atoms with Crippen LogP contribution in [0.1, 0.15) is 19.4 Å². The number of hydrogen-bond donors (Lipinski definition) is 1. The summed E-state index contributed by atoms with van der Waals surface area (Å²) in [5.41, 5.74) is 1.10. The third-order valence-electron chi connectivity index (χ3n) is 3.36. The second-order valence-electron chi connectivity index (χ2n) is 4.90. The molecule has 0 spiro atoms. The highest BCUT2D eigenvalue weighted by atomic mass is 32.2. The van der Waals surface area contributed by atoms with E-state index in [1.165, 1.54) is 6.92 Å². The Kier molecular flexibility index (Phi) is 7.34. The molecule has 22 heavy (non-hydrogen) atoms. The number of methoxy groups -OCH3 is 1. The molecular weight excluding hydrogens is 304 g/mol. The summed E-state index contributed by atoms with van der Waals surface area (Å²) >= 11 is 0. The molecule has 0 aliphatic heterocycles. The van der Waals surface area contributed by atoms with Crippen LogP contribution in [0.2, 0.25) is 0 Å². The highest BCUT2D eigenvalue weighted by Gasteiger charge is 2.11. The van der Waals surface area contributed by atoms with Gasteiger partial charge in [-0.3, -0.25) is 4.79 Å². The van der Waals surface area contributed by atoms with Gasteiger partial charge in [-0.2, -0.15) is 0 Å². The normalized spacial score (nSPS) is 11.2. The number of hydrogen-bond acceptors (Lipinski definition) is 4. The smallest absolute Gasteiger partial charge is 0.219 e. The molecule has 1 rings (SSSR count). The molecule has 1 aromatic rings. The third-order valence-corrected chi connectivity index (χ3v) is 4.76. The Hall–Kier alpha value is -1.60. The van der Waals surface area contributed by atoms with Gasteiger partial charge < -0.3 is 9.64 Å². The van der Waals surface area contributed by atoms with Gasteiger partial charge in [0.05, 0.1) is 12.9 Å². The van der Waals surface area contributed by atoms with Crippen LogP contribution in [0.4, 0.5) is 0 Å². The summed E-state index contributed by atoms with van der Waals surface area (Å²) in [7, 11) is -1.60. The van der Waals surface area contributed by atoms with E-state index in [0.717, 1.165) is 11.3 Å². The van der Waals surface area contributed by atoms with Gasteiger partial charge in [0.2, 0.25) is 15.9 Å². The lowest BCUT2D eigenvalue weighted by molar-refractivity contribution is -0.128. The van der Waals surface area contributed by atoms with Gasteiger partial charge >= 0.3 is 0 Å². The SMILES string of the molecule is CCS(=O)(=O)NCCN(CCc1ccc(OC)cc1)C(C)=O. The minimum absolute atomic E-state index is 0.0406. The number of ether oxygens (including phenoxy) is 1. The number of amides is 1. The minimum atomic E-state index is -3.22. The molecule has 124 valence electrons. The molecular formula is C15H24N2O4S. The predicted octanol–water partition coefficient (Wildman–Crippen LogP) is 1.03. The summed E-state index contributed by atoms with van der Waals surface area (Å²) in [5, 5.41) is 0. The van der Waals surface area contributed by atoms with Crippen LogP contribution in [0.15, 0.2) is 24.3 Å². The van der Waals surface area contributed by atoms with E-state index in [9.17, 15) is 13.2 Å². The van der Waals surface area contributed by atoms with Crippen LogP contribution in [-0.4, -0.2) is 51.7 Å². The van der Waals surface area contributed by atoms with Crippen molar-refractivity contribution in [3.63, 3.8) is 0 Å². The molecule has 0 atom stereocenters. The summed E-state index contributed by atoms with van der Waals surface area (Å²) in [6, 6.07) is 7.67. The molecule has 0 saturated carbocycles. The van der Waals surface area contributed by atoms with Gasteiger partial charge in [0.15, 0.2) is 0 Å². The Balaban J connectivity index is 2.48. The number of sulfonamides is 1. The van der Waals surface area contributed by atoms with Gasteiger partial charge in [-0.25, -0.2) is 13.1 Å². The lowest BCUT2D eigenvalue weighted by Gasteiger charge is -2.21. The standard InChI is InChI=1S/C15H24N2O4S/c1-4-22(19,20)16-10-12-17(13(2)18)11-9-14-5-7-15(21-3)8-6-14/h5-8,16H,4,9-12H2,1-3H3. The van der Waals surface area contributed by atoms with Gasteiger partial charge in [-0.05, 0) is 31.0 Å². The van der Waals surface area contributed by atoms with E-state index in [4.69, 9.17) is 4.74 Å². The molecule has 0 aliphatic carbocycles. The zero-order chi connectivity index (χ0) is 16.6. The fraction of sp³-hybridized carbons (Fsp3) is 0.533. The van der Waals surface area contributed by atoms with Crippen LogP contribution >= 0.6 is 0 Å². The van der Waals surface area contributed by atoms with Crippen LogP contribution in [-0.2, 0) is 21.2 Å². The second kappa shape index (κ2) is 8.75. The molecule has 6 nitrogen and oxygen atoms in total. The van der Waals surface area contributed by atoms with E-state index >= 15 is 0 Å². The Morgan fingerprint density at radius 1 is 1.23 bits per heavy atom. The minimum Gasteiger partial charge on any atom is -0.497 e. The van der Waals surface area contributed by atoms with E-state index in [0.29, 0.717) is 19.5 Å². The monoisotopic (exact) mass is 328 g/mol. The maximum atomic E-state index is 11.6. The largest absolute Gasteiger partial charge is 0.497 e. The quantitative estimate of drug-likeness (QED) is 0.734. The molecule has 7 heteroatoms. The summed E-state index contributed by atoms with van der Waals surface area (Å²) in [5.74, 6) is 0.768. The third kappa shape index (κ3) is 6.44. The van der Waals surface area contributed by atoms with Gasteiger partial charge in [-0.1, -0.05) is 12.1 Å². The lowest BCUT2D eigenvalue weighted by atomic mass is 10.1.